The quantitative estimate of drug-likeness (QED) is 0.610. The molecule has 0 aromatic carbocycles. The molecule has 2 unspecified atom stereocenters. The van der Waals surface area contributed by atoms with Crippen LogP contribution in [0.25, 0.3) is 0 Å². The second-order valence-electron chi connectivity index (χ2n) is 5.10. The molecule has 0 amide bonds. The Morgan fingerprint density at radius 3 is 2.08 bits per heavy atom. The highest BCUT2D eigenvalue weighted by Gasteiger charge is 2.44. The minimum absolute atomic E-state index is 0.782. The van der Waals surface area contributed by atoms with Crippen LogP contribution in [-0.4, -0.2) is 36.2 Å². The van der Waals surface area contributed by atoms with E-state index in [2.05, 4.69) is 11.8 Å². The van der Waals surface area contributed by atoms with Crippen molar-refractivity contribution in [2.24, 2.45) is 5.92 Å². The van der Waals surface area contributed by atoms with Crippen molar-refractivity contribution in [3.63, 3.8) is 0 Å². The number of nitrogens with zero attached hydrogens (tertiary/aromatic N) is 1. The van der Waals surface area contributed by atoms with Crippen LogP contribution in [0.4, 0.5) is 0 Å². The molecule has 2 atom stereocenters. The predicted molar refractivity (Wildman–Crippen MR) is 51.7 cm³/mol. The SMILES string of the molecule is CC1CC2CCC(C1)N2C1COC1. The van der Waals surface area contributed by atoms with Crippen LogP contribution >= 0.6 is 0 Å². The molecule has 0 radical (unpaired) electrons. The highest BCUT2D eigenvalue weighted by Crippen LogP contribution is 2.40. The molecule has 0 spiro atoms. The van der Waals surface area contributed by atoms with Crippen molar-refractivity contribution < 1.29 is 4.74 Å². The van der Waals surface area contributed by atoms with Gasteiger partial charge < -0.3 is 4.74 Å². The minimum atomic E-state index is 0.782. The van der Waals surface area contributed by atoms with Crippen LogP contribution in [0.15, 0.2) is 0 Å². The summed E-state index contributed by atoms with van der Waals surface area (Å²) in [6, 6.07) is 2.59. The van der Waals surface area contributed by atoms with Crippen LogP contribution < -0.4 is 0 Å². The fraction of sp³-hybridized carbons (Fsp3) is 1.00. The Hall–Kier alpha value is -0.0800. The van der Waals surface area contributed by atoms with E-state index in [0.717, 1.165) is 37.3 Å². The van der Waals surface area contributed by atoms with Crippen molar-refractivity contribution in [3.05, 3.63) is 0 Å². The van der Waals surface area contributed by atoms with Crippen molar-refractivity contribution in [2.75, 3.05) is 13.2 Å². The van der Waals surface area contributed by atoms with Gasteiger partial charge in [-0.25, -0.2) is 0 Å². The molecule has 3 fully saturated rings. The molecule has 13 heavy (non-hydrogen) atoms. The third kappa shape index (κ3) is 1.23. The highest BCUT2D eigenvalue weighted by molar-refractivity contribution is 4.98. The molecule has 3 rings (SSSR count). The van der Waals surface area contributed by atoms with Crippen LogP contribution in [0.5, 0.6) is 0 Å². The van der Waals surface area contributed by atoms with Crippen LogP contribution in [0.2, 0.25) is 0 Å². The van der Waals surface area contributed by atoms with Gasteiger partial charge in [0.1, 0.15) is 0 Å². The lowest BCUT2D eigenvalue weighted by molar-refractivity contribution is -0.0955. The van der Waals surface area contributed by atoms with Crippen molar-refractivity contribution in [3.8, 4) is 0 Å². The average molecular weight is 181 g/mol. The Morgan fingerprint density at radius 2 is 1.62 bits per heavy atom. The van der Waals surface area contributed by atoms with Gasteiger partial charge in [0.15, 0.2) is 0 Å². The molecule has 0 aromatic rings. The summed E-state index contributed by atoms with van der Waals surface area (Å²) in [5.41, 5.74) is 0. The van der Waals surface area contributed by atoms with Gasteiger partial charge in [-0.05, 0) is 31.6 Å². The third-order valence-electron chi connectivity index (χ3n) is 4.07. The molecule has 0 N–H and O–H groups in total. The fourth-order valence-electron chi connectivity index (χ4n) is 3.48. The van der Waals surface area contributed by atoms with Gasteiger partial charge in [-0.15, -0.1) is 0 Å². The topological polar surface area (TPSA) is 12.5 Å². The average Bonchev–Trinajstić information content (AvgIpc) is 2.30. The van der Waals surface area contributed by atoms with Gasteiger partial charge in [0.05, 0.1) is 19.3 Å². The molecule has 3 aliphatic rings. The third-order valence-corrected chi connectivity index (χ3v) is 4.07. The van der Waals surface area contributed by atoms with Crippen LogP contribution in [-0.2, 0) is 4.74 Å². The van der Waals surface area contributed by atoms with Crippen molar-refractivity contribution >= 4 is 0 Å². The maximum absolute atomic E-state index is 5.30. The number of ether oxygens (including phenoxy) is 1. The number of piperidine rings is 1. The standard InChI is InChI=1S/C11H19NO/c1-8-4-9-2-3-10(5-8)12(9)11-6-13-7-11/h8-11H,2-7H2,1H3. The predicted octanol–water partition coefficient (Wildman–Crippen LogP) is 1.65. The van der Waals surface area contributed by atoms with E-state index in [1.54, 1.807) is 0 Å². The Bertz CT molecular complexity index is 188. The molecular formula is C11H19NO. The van der Waals surface area contributed by atoms with E-state index >= 15 is 0 Å². The van der Waals surface area contributed by atoms with Crippen molar-refractivity contribution in [2.45, 2.75) is 50.7 Å². The second-order valence-corrected chi connectivity index (χ2v) is 5.10. The molecular weight excluding hydrogens is 162 g/mol. The number of hydrogen-bond acceptors (Lipinski definition) is 2. The molecule has 74 valence electrons. The zero-order chi connectivity index (χ0) is 8.84. The van der Waals surface area contributed by atoms with E-state index < -0.39 is 0 Å². The maximum atomic E-state index is 5.30. The summed E-state index contributed by atoms with van der Waals surface area (Å²) in [6.45, 7) is 4.42. The van der Waals surface area contributed by atoms with Gasteiger partial charge in [0.2, 0.25) is 0 Å². The minimum Gasteiger partial charge on any atom is -0.378 e. The molecule has 0 aliphatic carbocycles. The Morgan fingerprint density at radius 1 is 1.00 bits per heavy atom. The number of hydrogen-bond donors (Lipinski definition) is 0. The summed E-state index contributed by atoms with van der Waals surface area (Å²) in [5.74, 6) is 0.967. The van der Waals surface area contributed by atoms with E-state index in [-0.39, 0.29) is 0 Å². The van der Waals surface area contributed by atoms with Gasteiger partial charge in [-0.2, -0.15) is 0 Å². The summed E-state index contributed by atoms with van der Waals surface area (Å²) < 4.78 is 5.30. The van der Waals surface area contributed by atoms with Gasteiger partial charge in [0, 0.05) is 12.1 Å². The van der Waals surface area contributed by atoms with Crippen molar-refractivity contribution in [1.82, 2.24) is 4.90 Å². The first kappa shape index (κ1) is 8.25. The zero-order valence-corrected chi connectivity index (χ0v) is 8.41. The number of rotatable bonds is 1. The molecule has 2 nitrogen and oxygen atoms in total. The summed E-state index contributed by atoms with van der Waals surface area (Å²) in [6.07, 6.45) is 5.77. The van der Waals surface area contributed by atoms with E-state index in [1.807, 2.05) is 0 Å². The lowest BCUT2D eigenvalue weighted by atomic mass is 9.91. The molecule has 3 saturated heterocycles. The molecule has 3 aliphatic heterocycles. The Balaban J connectivity index is 1.74. The van der Waals surface area contributed by atoms with Gasteiger partial charge >= 0.3 is 0 Å². The molecule has 0 aromatic heterocycles. The first-order valence-corrected chi connectivity index (χ1v) is 5.70. The van der Waals surface area contributed by atoms with Crippen LogP contribution in [0.1, 0.15) is 32.6 Å². The normalized spacial score (nSPS) is 46.4. The fourth-order valence-corrected chi connectivity index (χ4v) is 3.48. The van der Waals surface area contributed by atoms with E-state index in [0.29, 0.717) is 0 Å². The molecule has 2 bridgehead atoms. The smallest absolute Gasteiger partial charge is 0.0645 e. The Labute approximate surface area is 80.2 Å². The molecule has 3 heterocycles. The summed E-state index contributed by atoms with van der Waals surface area (Å²) >= 11 is 0. The van der Waals surface area contributed by atoms with Crippen molar-refractivity contribution in [1.29, 1.82) is 0 Å². The Kier molecular flexibility index (Phi) is 1.88. The monoisotopic (exact) mass is 181 g/mol. The summed E-state index contributed by atoms with van der Waals surface area (Å²) in [5, 5.41) is 0. The summed E-state index contributed by atoms with van der Waals surface area (Å²) in [4.78, 5) is 2.78. The van der Waals surface area contributed by atoms with Crippen LogP contribution in [0.3, 0.4) is 0 Å². The lowest BCUT2D eigenvalue weighted by Gasteiger charge is -2.46. The van der Waals surface area contributed by atoms with Gasteiger partial charge in [-0.1, -0.05) is 6.92 Å². The largest absolute Gasteiger partial charge is 0.378 e. The maximum Gasteiger partial charge on any atom is 0.0645 e. The number of fused-ring (bicyclic) bond motifs is 2. The first-order chi connectivity index (χ1) is 6.34. The van der Waals surface area contributed by atoms with E-state index in [4.69, 9.17) is 4.74 Å². The molecule has 0 saturated carbocycles. The van der Waals surface area contributed by atoms with E-state index in [1.165, 1.54) is 25.7 Å². The van der Waals surface area contributed by atoms with Crippen LogP contribution in [0, 0.1) is 5.92 Å². The van der Waals surface area contributed by atoms with Gasteiger partial charge in [-0.3, -0.25) is 4.90 Å². The molecule has 2 heteroatoms. The summed E-state index contributed by atoms with van der Waals surface area (Å²) in [7, 11) is 0. The van der Waals surface area contributed by atoms with Gasteiger partial charge in [0.25, 0.3) is 0 Å². The lowest BCUT2D eigenvalue weighted by Crippen LogP contribution is -2.56. The van der Waals surface area contributed by atoms with E-state index in [9.17, 15) is 0 Å². The second kappa shape index (κ2) is 2.96. The highest BCUT2D eigenvalue weighted by atomic mass is 16.5. The first-order valence-electron chi connectivity index (χ1n) is 5.70. The zero-order valence-electron chi connectivity index (χ0n) is 8.41.